The van der Waals surface area contributed by atoms with Crippen LogP contribution in [0.2, 0.25) is 5.02 Å². The van der Waals surface area contributed by atoms with Crippen LogP contribution in [0.4, 0.5) is 5.69 Å². The first-order chi connectivity index (χ1) is 7.91. The molecule has 0 bridgehead atoms. The lowest BCUT2D eigenvalue weighted by Gasteiger charge is -2.08. The van der Waals surface area contributed by atoms with Gasteiger partial charge in [0.1, 0.15) is 0 Å². The summed E-state index contributed by atoms with van der Waals surface area (Å²) >= 11 is 5.76. The quantitative estimate of drug-likeness (QED) is 0.630. The molecule has 0 radical (unpaired) electrons. The lowest BCUT2D eigenvalue weighted by Crippen LogP contribution is -2.30. The van der Waals surface area contributed by atoms with Crippen LogP contribution in [0, 0.1) is 10.1 Å². The highest BCUT2D eigenvalue weighted by molar-refractivity contribution is 6.34. The smallest absolute Gasteiger partial charge is 0.270 e. The van der Waals surface area contributed by atoms with E-state index in [0.29, 0.717) is 0 Å². The first-order valence-corrected chi connectivity index (χ1v) is 5.20. The summed E-state index contributed by atoms with van der Waals surface area (Å²) in [6.07, 6.45) is -0.671. The van der Waals surface area contributed by atoms with Gasteiger partial charge in [-0.3, -0.25) is 14.9 Å². The molecule has 1 aromatic rings. The Balaban J connectivity index is 2.85. The highest BCUT2D eigenvalue weighted by Gasteiger charge is 2.14. The molecule has 6 nitrogen and oxygen atoms in total. The minimum Gasteiger partial charge on any atom is -0.392 e. The van der Waals surface area contributed by atoms with Crippen molar-refractivity contribution in [1.82, 2.24) is 5.32 Å². The van der Waals surface area contributed by atoms with Gasteiger partial charge in [0.05, 0.1) is 21.6 Å². The van der Waals surface area contributed by atoms with Crippen molar-refractivity contribution in [2.75, 3.05) is 6.54 Å². The topological polar surface area (TPSA) is 92.5 Å². The molecule has 0 aliphatic carbocycles. The Labute approximate surface area is 102 Å². The molecule has 1 unspecified atom stereocenters. The molecule has 0 fully saturated rings. The van der Waals surface area contributed by atoms with Crippen molar-refractivity contribution in [3.8, 4) is 0 Å². The van der Waals surface area contributed by atoms with E-state index in [2.05, 4.69) is 5.32 Å². The largest absolute Gasteiger partial charge is 0.392 e. The molecule has 0 aliphatic rings. The fourth-order valence-corrected chi connectivity index (χ4v) is 1.40. The Morgan fingerprint density at radius 2 is 2.29 bits per heavy atom. The summed E-state index contributed by atoms with van der Waals surface area (Å²) in [7, 11) is 0. The minimum absolute atomic E-state index is 0.00212. The van der Waals surface area contributed by atoms with Gasteiger partial charge in [-0.1, -0.05) is 11.6 Å². The van der Waals surface area contributed by atoms with Gasteiger partial charge in [0.25, 0.3) is 11.6 Å². The third kappa shape index (κ3) is 3.69. The van der Waals surface area contributed by atoms with Crippen LogP contribution in [0.1, 0.15) is 17.3 Å². The van der Waals surface area contributed by atoms with Gasteiger partial charge in [-0.25, -0.2) is 0 Å². The molecule has 7 heteroatoms. The summed E-state index contributed by atoms with van der Waals surface area (Å²) in [4.78, 5) is 21.4. The summed E-state index contributed by atoms with van der Waals surface area (Å²) < 4.78 is 0. The number of rotatable bonds is 4. The third-order valence-electron chi connectivity index (χ3n) is 1.97. The van der Waals surface area contributed by atoms with Crippen molar-refractivity contribution >= 4 is 23.2 Å². The molecule has 1 amide bonds. The van der Waals surface area contributed by atoms with Gasteiger partial charge in [0.2, 0.25) is 0 Å². The fraction of sp³-hybridized carbons (Fsp3) is 0.300. The number of aliphatic hydroxyl groups excluding tert-OH is 1. The Morgan fingerprint density at radius 1 is 1.65 bits per heavy atom. The van der Waals surface area contributed by atoms with E-state index in [-0.39, 0.29) is 22.8 Å². The highest BCUT2D eigenvalue weighted by atomic mass is 35.5. The molecule has 1 aromatic carbocycles. The summed E-state index contributed by atoms with van der Waals surface area (Å²) in [5, 5.41) is 21.9. The van der Waals surface area contributed by atoms with E-state index >= 15 is 0 Å². The van der Waals surface area contributed by atoms with Gasteiger partial charge < -0.3 is 10.4 Å². The molecule has 0 spiro atoms. The number of nitro benzene ring substituents is 1. The van der Waals surface area contributed by atoms with E-state index < -0.39 is 16.9 Å². The monoisotopic (exact) mass is 258 g/mol. The SMILES string of the molecule is CC(O)CNC(=O)c1ccc([N+](=O)[O-])cc1Cl. The van der Waals surface area contributed by atoms with Crippen LogP contribution in [-0.4, -0.2) is 28.6 Å². The first-order valence-electron chi connectivity index (χ1n) is 4.82. The number of benzene rings is 1. The zero-order valence-corrected chi connectivity index (χ0v) is 9.77. The number of nitro groups is 1. The fourth-order valence-electron chi connectivity index (χ4n) is 1.14. The van der Waals surface area contributed by atoms with Crippen molar-refractivity contribution in [3.05, 3.63) is 38.9 Å². The number of nitrogens with zero attached hydrogens (tertiary/aromatic N) is 1. The Kier molecular flexibility index (Phi) is 4.42. The molecule has 0 saturated carbocycles. The van der Waals surface area contributed by atoms with Crippen molar-refractivity contribution in [3.63, 3.8) is 0 Å². The van der Waals surface area contributed by atoms with Crippen LogP contribution < -0.4 is 5.32 Å². The number of hydrogen-bond donors (Lipinski definition) is 2. The molecule has 0 heterocycles. The normalized spacial score (nSPS) is 11.9. The van der Waals surface area contributed by atoms with E-state index in [1.807, 2.05) is 0 Å². The lowest BCUT2D eigenvalue weighted by atomic mass is 10.2. The van der Waals surface area contributed by atoms with Gasteiger partial charge in [-0.05, 0) is 13.0 Å². The Morgan fingerprint density at radius 3 is 2.76 bits per heavy atom. The number of amides is 1. The minimum atomic E-state index is -0.671. The summed E-state index contributed by atoms with van der Waals surface area (Å²) in [5.41, 5.74) is -0.0417. The highest BCUT2D eigenvalue weighted by Crippen LogP contribution is 2.22. The average Bonchev–Trinajstić information content (AvgIpc) is 2.25. The van der Waals surface area contributed by atoms with Crippen LogP contribution in [0.5, 0.6) is 0 Å². The maximum atomic E-state index is 11.6. The molecule has 0 aromatic heterocycles. The maximum absolute atomic E-state index is 11.6. The third-order valence-corrected chi connectivity index (χ3v) is 2.28. The zero-order valence-electron chi connectivity index (χ0n) is 9.01. The van der Waals surface area contributed by atoms with Gasteiger partial charge in [0, 0.05) is 18.7 Å². The number of carbonyl (C=O) groups is 1. The van der Waals surface area contributed by atoms with E-state index in [1.54, 1.807) is 0 Å². The van der Waals surface area contributed by atoms with Crippen LogP contribution in [0.3, 0.4) is 0 Å². The second-order valence-electron chi connectivity index (χ2n) is 3.48. The van der Waals surface area contributed by atoms with Crippen LogP contribution >= 0.6 is 11.6 Å². The van der Waals surface area contributed by atoms with E-state index in [0.717, 1.165) is 6.07 Å². The number of halogens is 1. The molecule has 17 heavy (non-hydrogen) atoms. The molecule has 1 rings (SSSR count). The van der Waals surface area contributed by atoms with Crippen molar-refractivity contribution in [2.24, 2.45) is 0 Å². The average molecular weight is 259 g/mol. The predicted molar refractivity (Wildman–Crippen MR) is 62.1 cm³/mol. The molecule has 0 aliphatic heterocycles. The molecule has 0 saturated heterocycles. The van der Waals surface area contributed by atoms with Gasteiger partial charge in [0.15, 0.2) is 0 Å². The van der Waals surface area contributed by atoms with Crippen LogP contribution in [0.15, 0.2) is 18.2 Å². The van der Waals surface area contributed by atoms with Crippen molar-refractivity contribution in [2.45, 2.75) is 13.0 Å². The second kappa shape index (κ2) is 5.60. The van der Waals surface area contributed by atoms with Crippen molar-refractivity contribution < 1.29 is 14.8 Å². The van der Waals surface area contributed by atoms with E-state index in [4.69, 9.17) is 16.7 Å². The number of nitrogens with one attached hydrogen (secondary N) is 1. The number of hydrogen-bond acceptors (Lipinski definition) is 4. The first kappa shape index (κ1) is 13.4. The molecule has 2 N–H and O–H groups in total. The molecular weight excluding hydrogens is 248 g/mol. The number of aliphatic hydroxyl groups is 1. The summed E-state index contributed by atoms with van der Waals surface area (Å²) in [5.74, 6) is -0.481. The van der Waals surface area contributed by atoms with E-state index in [1.165, 1.54) is 19.1 Å². The second-order valence-corrected chi connectivity index (χ2v) is 3.89. The number of carbonyl (C=O) groups excluding carboxylic acids is 1. The summed E-state index contributed by atoms with van der Waals surface area (Å²) in [6, 6.07) is 3.58. The standard InChI is InChI=1S/C10H11ClN2O4/c1-6(14)5-12-10(15)8-3-2-7(13(16)17)4-9(8)11/h2-4,6,14H,5H2,1H3,(H,12,15). The maximum Gasteiger partial charge on any atom is 0.270 e. The van der Waals surface area contributed by atoms with Gasteiger partial charge in [-0.2, -0.15) is 0 Å². The zero-order chi connectivity index (χ0) is 13.0. The lowest BCUT2D eigenvalue weighted by molar-refractivity contribution is -0.384. The molecule has 1 atom stereocenters. The Bertz CT molecular complexity index is 448. The number of non-ortho nitro benzene ring substituents is 1. The molecular formula is C10H11ClN2O4. The molecule has 92 valence electrons. The summed E-state index contributed by atoms with van der Waals surface area (Å²) in [6.45, 7) is 1.61. The van der Waals surface area contributed by atoms with Gasteiger partial charge in [-0.15, -0.1) is 0 Å². The van der Waals surface area contributed by atoms with Crippen LogP contribution in [0.25, 0.3) is 0 Å². The van der Waals surface area contributed by atoms with Gasteiger partial charge >= 0.3 is 0 Å². The predicted octanol–water partition coefficient (Wildman–Crippen LogP) is 1.36. The Hall–Kier alpha value is -1.66. The van der Waals surface area contributed by atoms with Crippen LogP contribution in [-0.2, 0) is 0 Å². The van der Waals surface area contributed by atoms with E-state index in [9.17, 15) is 14.9 Å². The van der Waals surface area contributed by atoms with Crippen molar-refractivity contribution in [1.29, 1.82) is 0 Å².